The summed E-state index contributed by atoms with van der Waals surface area (Å²) in [4.78, 5) is 29.7. The van der Waals surface area contributed by atoms with Gasteiger partial charge >= 0.3 is 0 Å². The van der Waals surface area contributed by atoms with Crippen molar-refractivity contribution in [1.29, 1.82) is 0 Å². The van der Waals surface area contributed by atoms with Crippen molar-refractivity contribution in [1.82, 2.24) is 15.3 Å². The van der Waals surface area contributed by atoms with Crippen molar-refractivity contribution in [2.45, 2.75) is 37.1 Å². The number of hydrogen-bond donors (Lipinski definition) is 2. The number of nitrogens with zero attached hydrogens (tertiary/aromatic N) is 1. The molecule has 17 heavy (non-hydrogen) atoms. The first-order chi connectivity index (χ1) is 8.06. The highest BCUT2D eigenvalue weighted by atomic mass is 32.2. The molecule has 0 radical (unpaired) electrons. The Morgan fingerprint density at radius 3 is 2.94 bits per heavy atom. The van der Waals surface area contributed by atoms with Gasteiger partial charge in [-0.3, -0.25) is 9.59 Å². The molecule has 1 aromatic heterocycles. The highest BCUT2D eigenvalue weighted by molar-refractivity contribution is 8.00. The van der Waals surface area contributed by atoms with Crippen molar-refractivity contribution in [3.05, 3.63) is 22.1 Å². The fraction of sp³-hybridized carbons (Fsp3) is 0.545. The third-order valence-corrected chi connectivity index (χ3v) is 3.17. The largest absolute Gasteiger partial charge is 0.358 e. The monoisotopic (exact) mass is 255 g/mol. The summed E-state index contributed by atoms with van der Waals surface area (Å²) in [6.07, 6.45) is 1.71. The lowest BCUT2D eigenvalue weighted by molar-refractivity contribution is -0.119. The SMILES string of the molecule is CCCc1cc(=O)[nH]c(SC(C)C(=O)NC)n1. The van der Waals surface area contributed by atoms with Crippen LogP contribution in [0.15, 0.2) is 16.0 Å². The average molecular weight is 255 g/mol. The summed E-state index contributed by atoms with van der Waals surface area (Å²) in [6.45, 7) is 3.80. The molecule has 0 aliphatic rings. The van der Waals surface area contributed by atoms with Crippen molar-refractivity contribution < 1.29 is 4.79 Å². The Balaban J connectivity index is 2.83. The quantitative estimate of drug-likeness (QED) is 0.607. The van der Waals surface area contributed by atoms with E-state index in [9.17, 15) is 9.59 Å². The van der Waals surface area contributed by atoms with E-state index in [1.807, 2.05) is 6.92 Å². The van der Waals surface area contributed by atoms with Gasteiger partial charge in [0.15, 0.2) is 5.16 Å². The Morgan fingerprint density at radius 1 is 1.65 bits per heavy atom. The number of aryl methyl sites for hydroxylation is 1. The molecule has 0 aliphatic heterocycles. The predicted molar refractivity (Wildman–Crippen MR) is 68.2 cm³/mol. The molecule has 1 amide bonds. The highest BCUT2D eigenvalue weighted by Crippen LogP contribution is 2.18. The number of carbonyl (C=O) groups excluding carboxylic acids is 1. The minimum absolute atomic E-state index is 0.0847. The Hall–Kier alpha value is -1.30. The number of nitrogens with one attached hydrogen (secondary N) is 2. The van der Waals surface area contributed by atoms with Crippen molar-refractivity contribution >= 4 is 17.7 Å². The predicted octanol–water partition coefficient (Wildman–Crippen LogP) is 0.949. The summed E-state index contributed by atoms with van der Waals surface area (Å²) in [7, 11) is 1.59. The third kappa shape index (κ3) is 4.22. The number of amides is 1. The first-order valence-electron chi connectivity index (χ1n) is 5.55. The van der Waals surface area contributed by atoms with Gasteiger partial charge in [0.2, 0.25) is 5.91 Å². The average Bonchev–Trinajstić information content (AvgIpc) is 2.27. The van der Waals surface area contributed by atoms with Crippen molar-refractivity contribution in [2.24, 2.45) is 0 Å². The van der Waals surface area contributed by atoms with Crippen LogP contribution in [0.2, 0.25) is 0 Å². The second kappa shape index (κ2) is 6.44. The van der Waals surface area contributed by atoms with Crippen molar-refractivity contribution in [3.63, 3.8) is 0 Å². The van der Waals surface area contributed by atoms with Gasteiger partial charge in [0.1, 0.15) is 0 Å². The molecule has 0 saturated heterocycles. The van der Waals surface area contributed by atoms with E-state index >= 15 is 0 Å². The molecule has 1 unspecified atom stereocenters. The molecule has 6 heteroatoms. The van der Waals surface area contributed by atoms with Gasteiger partial charge in [-0.2, -0.15) is 0 Å². The van der Waals surface area contributed by atoms with Crippen LogP contribution >= 0.6 is 11.8 Å². The summed E-state index contributed by atoms with van der Waals surface area (Å²) < 4.78 is 0. The Kier molecular flexibility index (Phi) is 5.21. The number of aromatic nitrogens is 2. The fourth-order valence-electron chi connectivity index (χ4n) is 1.35. The van der Waals surface area contributed by atoms with Gasteiger partial charge in [-0.1, -0.05) is 25.1 Å². The van der Waals surface area contributed by atoms with E-state index in [0.717, 1.165) is 18.5 Å². The zero-order valence-corrected chi connectivity index (χ0v) is 11.1. The minimum atomic E-state index is -0.278. The van der Waals surface area contributed by atoms with Crippen LogP contribution < -0.4 is 10.9 Å². The maximum Gasteiger partial charge on any atom is 0.251 e. The fourth-order valence-corrected chi connectivity index (χ4v) is 2.24. The van der Waals surface area contributed by atoms with Gasteiger partial charge in [0.05, 0.1) is 5.25 Å². The first kappa shape index (κ1) is 13.8. The molecule has 0 bridgehead atoms. The number of aromatic amines is 1. The standard InChI is InChI=1S/C11H17N3O2S/c1-4-5-8-6-9(15)14-11(13-8)17-7(2)10(16)12-3/h6-7H,4-5H2,1-3H3,(H,12,16)(H,13,14,15). The summed E-state index contributed by atoms with van der Waals surface area (Å²) >= 11 is 1.25. The number of thioether (sulfide) groups is 1. The van der Waals surface area contributed by atoms with Gasteiger partial charge in [-0.15, -0.1) is 0 Å². The maximum absolute atomic E-state index is 11.4. The minimum Gasteiger partial charge on any atom is -0.358 e. The topological polar surface area (TPSA) is 74.8 Å². The molecule has 0 saturated carbocycles. The zero-order valence-electron chi connectivity index (χ0n) is 10.2. The molecule has 1 rings (SSSR count). The lowest BCUT2D eigenvalue weighted by Gasteiger charge is -2.09. The lowest BCUT2D eigenvalue weighted by atomic mass is 10.2. The van der Waals surface area contributed by atoms with Crippen molar-refractivity contribution in [3.8, 4) is 0 Å². The van der Waals surface area contributed by atoms with Gasteiger partial charge in [-0.25, -0.2) is 4.98 Å². The van der Waals surface area contributed by atoms with E-state index in [-0.39, 0.29) is 16.7 Å². The highest BCUT2D eigenvalue weighted by Gasteiger charge is 2.14. The molecule has 2 N–H and O–H groups in total. The molecule has 0 spiro atoms. The third-order valence-electron chi connectivity index (χ3n) is 2.18. The molecule has 0 fully saturated rings. The van der Waals surface area contributed by atoms with Crippen LogP contribution in [0.25, 0.3) is 0 Å². The maximum atomic E-state index is 11.4. The van der Waals surface area contributed by atoms with E-state index in [4.69, 9.17) is 0 Å². The molecule has 5 nitrogen and oxygen atoms in total. The van der Waals surface area contributed by atoms with Gasteiger partial charge < -0.3 is 10.3 Å². The summed E-state index contributed by atoms with van der Waals surface area (Å²) in [6, 6.07) is 1.50. The summed E-state index contributed by atoms with van der Waals surface area (Å²) in [5.41, 5.74) is 0.595. The number of hydrogen-bond acceptors (Lipinski definition) is 4. The zero-order chi connectivity index (χ0) is 12.8. The van der Waals surface area contributed by atoms with Gasteiger partial charge in [0, 0.05) is 18.8 Å². The Morgan fingerprint density at radius 2 is 2.35 bits per heavy atom. The van der Waals surface area contributed by atoms with Crippen LogP contribution in [-0.2, 0) is 11.2 Å². The van der Waals surface area contributed by atoms with Crippen molar-refractivity contribution in [2.75, 3.05) is 7.05 Å². The number of rotatable bonds is 5. The second-order valence-corrected chi connectivity index (χ2v) is 5.00. The summed E-state index contributed by atoms with van der Waals surface area (Å²) in [5.74, 6) is -0.0847. The van der Waals surface area contributed by atoms with Crippen LogP contribution in [0.5, 0.6) is 0 Å². The number of H-pyrrole nitrogens is 1. The summed E-state index contributed by atoms with van der Waals surface area (Å²) in [5, 5.41) is 2.78. The van der Waals surface area contributed by atoms with E-state index in [1.165, 1.54) is 17.8 Å². The Bertz CT molecular complexity index is 445. The van der Waals surface area contributed by atoms with E-state index in [0.29, 0.717) is 5.16 Å². The smallest absolute Gasteiger partial charge is 0.251 e. The molecule has 1 aromatic rings. The molecule has 0 aliphatic carbocycles. The molecular formula is C11H17N3O2S. The van der Waals surface area contributed by atoms with Gasteiger partial charge in [-0.05, 0) is 13.3 Å². The lowest BCUT2D eigenvalue weighted by Crippen LogP contribution is -2.27. The van der Waals surface area contributed by atoms with Gasteiger partial charge in [0.25, 0.3) is 5.56 Å². The Labute approximate surface area is 104 Å². The second-order valence-electron chi connectivity index (χ2n) is 3.67. The molecule has 94 valence electrons. The normalized spacial score (nSPS) is 12.2. The van der Waals surface area contributed by atoms with Crippen LogP contribution in [0.1, 0.15) is 26.0 Å². The van der Waals surface area contributed by atoms with Crippen LogP contribution in [0, 0.1) is 0 Å². The molecule has 1 heterocycles. The first-order valence-corrected chi connectivity index (χ1v) is 6.43. The van der Waals surface area contributed by atoms with Crippen LogP contribution in [-0.4, -0.2) is 28.2 Å². The molecule has 0 aromatic carbocycles. The van der Waals surface area contributed by atoms with Crippen LogP contribution in [0.4, 0.5) is 0 Å². The van der Waals surface area contributed by atoms with Crippen LogP contribution in [0.3, 0.4) is 0 Å². The molecular weight excluding hydrogens is 238 g/mol. The molecule has 1 atom stereocenters. The van der Waals surface area contributed by atoms with E-state index in [1.54, 1.807) is 14.0 Å². The number of carbonyl (C=O) groups is 1. The van der Waals surface area contributed by atoms with E-state index < -0.39 is 0 Å². The van der Waals surface area contributed by atoms with E-state index in [2.05, 4.69) is 15.3 Å².